The molecule has 5 aliphatic rings. The van der Waals surface area contributed by atoms with Crippen molar-refractivity contribution in [2.75, 3.05) is 0 Å². The van der Waals surface area contributed by atoms with Crippen molar-refractivity contribution < 1.29 is 9.59 Å². The van der Waals surface area contributed by atoms with E-state index in [1.54, 1.807) is 0 Å². The van der Waals surface area contributed by atoms with E-state index in [1.165, 1.54) is 205 Å². The molecular weight excluding hydrogens is 1430 g/mol. The van der Waals surface area contributed by atoms with E-state index < -0.39 is 16.6 Å². The standard InChI is InChI=1S/C48H26N8.2C26H55OSi.Si/c1-2-10-26-18-34-33(17-25(26)9-1)41-49-42(34)54-44-37-21-29-13-5-6-14-30(29)22-38(37)46(51-44)56-48-40-24-32-16-8-7-15-31(32)23-39(40)47(52-48)55-45-36-20-28-12-4-3-11-27(28)19-35(36)43(50-45)53-41;2*1-6-7-8-9-10-11-12-13-14-15-16-17-18-19-20-21-22-28(27,23-25(2)3)24-26(4)5;/h1-24,33,36H;2*25-26H,6-24H2,1-5H3;/q-2;2*-1;+4. The van der Waals surface area contributed by atoms with Gasteiger partial charge in [-0.15, -0.1) is 0 Å². The molecule has 3 aliphatic heterocycles. The largest absolute Gasteiger partial charge is 4.00 e. The number of hydrogen-bond donors (Lipinski definition) is 0. The van der Waals surface area contributed by atoms with Crippen molar-refractivity contribution >= 4 is 107 Å². The third kappa shape index (κ3) is 26.0. The maximum atomic E-state index is 13.2. The zero-order chi connectivity index (χ0) is 78.7. The predicted octanol–water partition coefficient (Wildman–Crippen LogP) is 21.4. The summed E-state index contributed by atoms with van der Waals surface area (Å²) in [6.07, 6.45) is 53.8. The van der Waals surface area contributed by atoms with Crippen molar-refractivity contribution in [3.05, 3.63) is 165 Å². The Morgan fingerprint density at radius 2 is 0.681 bits per heavy atom. The van der Waals surface area contributed by atoms with Crippen LogP contribution in [0.25, 0.3) is 102 Å². The van der Waals surface area contributed by atoms with E-state index >= 15 is 0 Å². The maximum Gasteiger partial charge on any atom is 4.00 e. The Balaban J connectivity index is 0.000000203. The van der Waals surface area contributed by atoms with Gasteiger partial charge in [0.1, 0.15) is 5.82 Å². The second-order valence-corrected chi connectivity index (χ2v) is 43.0. The molecule has 0 radical (unpaired) electrons. The van der Waals surface area contributed by atoms with Gasteiger partial charge in [0.2, 0.25) is 0 Å². The van der Waals surface area contributed by atoms with E-state index in [4.69, 9.17) is 39.9 Å². The fourth-order valence-corrected chi connectivity index (χ4v) is 27.2. The van der Waals surface area contributed by atoms with Crippen LogP contribution in [0.4, 0.5) is 0 Å². The second kappa shape index (κ2) is 44.9. The Morgan fingerprint density at radius 3 is 1.08 bits per heavy atom. The number of fused-ring (bicyclic) bond motifs is 22. The molecule has 2 unspecified atom stereocenters. The van der Waals surface area contributed by atoms with Gasteiger partial charge < -0.3 is 34.5 Å². The van der Waals surface area contributed by atoms with E-state index in [1.807, 2.05) is 0 Å². The normalized spacial score (nSPS) is 14.4. The van der Waals surface area contributed by atoms with Crippen LogP contribution in [0.1, 0.15) is 298 Å². The van der Waals surface area contributed by atoms with Gasteiger partial charge in [-0.1, -0.05) is 444 Å². The van der Waals surface area contributed by atoms with Crippen LogP contribution in [0.2, 0.25) is 36.3 Å². The molecule has 2 atom stereocenters. The Kier molecular flexibility index (Phi) is 35.1. The van der Waals surface area contributed by atoms with Crippen LogP contribution in [-0.4, -0.2) is 57.5 Å². The molecule has 10 nitrogen and oxygen atoms in total. The smallest absolute Gasteiger partial charge is 0.858 e. The topological polar surface area (TPSA) is 152 Å². The Hall–Kier alpha value is -7.01. The number of aromatic nitrogens is 8. The summed E-state index contributed by atoms with van der Waals surface area (Å²) in [6, 6.07) is 48.1. The summed E-state index contributed by atoms with van der Waals surface area (Å²) in [5.74, 6) is 4.28. The minimum Gasteiger partial charge on any atom is -0.858 e. The van der Waals surface area contributed by atoms with Gasteiger partial charge in [0, 0.05) is 39.6 Å². The van der Waals surface area contributed by atoms with E-state index in [-0.39, 0.29) is 22.8 Å². The van der Waals surface area contributed by atoms with Crippen molar-refractivity contribution in [1.82, 2.24) is 39.9 Å². The van der Waals surface area contributed by atoms with Crippen LogP contribution in [0, 0.1) is 23.7 Å². The van der Waals surface area contributed by atoms with E-state index in [0.717, 1.165) is 112 Å². The van der Waals surface area contributed by atoms with Gasteiger partial charge in [0.05, 0.1) is 17.2 Å². The van der Waals surface area contributed by atoms with Gasteiger partial charge in [-0.3, -0.25) is 0 Å². The van der Waals surface area contributed by atoms with Crippen molar-refractivity contribution in [1.29, 1.82) is 0 Å². The van der Waals surface area contributed by atoms with Gasteiger partial charge >= 0.3 is 11.0 Å². The third-order valence-electron chi connectivity index (χ3n) is 23.6. The van der Waals surface area contributed by atoms with E-state index in [2.05, 4.69) is 215 Å². The third-order valence-corrected chi connectivity index (χ3v) is 32.4. The molecule has 0 amide bonds. The Bertz CT molecular complexity index is 4880. The summed E-state index contributed by atoms with van der Waals surface area (Å²) in [4.78, 5) is 68.3. The zero-order valence-corrected chi connectivity index (χ0v) is 74.1. The Labute approximate surface area is 685 Å². The van der Waals surface area contributed by atoms with Gasteiger partial charge in [0.25, 0.3) is 0 Å². The summed E-state index contributed by atoms with van der Waals surface area (Å²) >= 11 is 0. The second-order valence-electron chi connectivity index (χ2n) is 35.7. The van der Waals surface area contributed by atoms with Gasteiger partial charge in [-0.05, 0) is 117 Å². The SMILES string of the molecule is C1=c2ccccc2=CC2C1=c1nc2nc2nc(nc3[n-]c(nc4[n-]c(n1)C1C=c5ccccc5=CC=41)c1cc4ccccc4cc31)-c1cc3ccccc3cc1-2.CCCCCCCCCCCCCCCCCC[Si]([O-])(CC(C)C)CC(C)C.CCCCCCCCCCCCCCCCCC[Si]([O-])(CC(C)C)CC(C)C.[Si+4]. The van der Waals surface area contributed by atoms with Gasteiger partial charge in [-0.2, -0.15) is 0 Å². The first kappa shape index (κ1) is 88.4. The van der Waals surface area contributed by atoms with Crippen LogP contribution < -0.4 is 51.4 Å². The van der Waals surface area contributed by atoms with E-state index in [0.29, 0.717) is 69.2 Å². The van der Waals surface area contributed by atoms with Crippen LogP contribution in [-0.2, 0) is 0 Å². The molecule has 0 spiro atoms. The Morgan fingerprint density at radius 1 is 0.345 bits per heavy atom. The van der Waals surface area contributed by atoms with Crippen molar-refractivity contribution in [2.24, 2.45) is 23.7 Å². The summed E-state index contributed by atoms with van der Waals surface area (Å²) in [5.41, 5.74) is 6.02. The van der Waals surface area contributed by atoms with Crippen LogP contribution in [0.3, 0.4) is 0 Å². The van der Waals surface area contributed by atoms with Gasteiger partial charge in [0.15, 0.2) is 5.82 Å². The van der Waals surface area contributed by atoms with Gasteiger partial charge in [-0.25, -0.2) is 15.0 Å². The molecule has 13 rings (SSSR count). The average molecular weight is 1570 g/mol. The summed E-state index contributed by atoms with van der Waals surface area (Å²) in [6.45, 7) is 22.4. The molecule has 600 valence electrons. The van der Waals surface area contributed by atoms with E-state index in [9.17, 15) is 9.59 Å². The fraction of sp³-hybridized carbons (Fsp3) is 0.540. The number of rotatable bonds is 42. The number of unbranched alkanes of at least 4 members (excludes halogenated alkanes) is 30. The molecule has 0 N–H and O–H groups in total. The first-order chi connectivity index (χ1) is 54.5. The molecule has 8 bridgehead atoms. The number of benzene rings is 6. The average Bonchev–Trinajstić information content (AvgIpc) is 1.59. The first-order valence-electron chi connectivity index (χ1n) is 44.9. The molecule has 13 heteroatoms. The molecule has 2 aliphatic carbocycles. The minimum absolute atomic E-state index is 0. The quantitative estimate of drug-likeness (QED) is 0.0267. The summed E-state index contributed by atoms with van der Waals surface area (Å²) in [7, 11) is -4.47. The van der Waals surface area contributed by atoms with Crippen LogP contribution in [0.15, 0.2) is 121 Å². The van der Waals surface area contributed by atoms with Crippen molar-refractivity contribution in [3.63, 3.8) is 0 Å². The fourth-order valence-electron chi connectivity index (χ4n) is 18.3. The summed E-state index contributed by atoms with van der Waals surface area (Å²) < 4.78 is 0. The molecule has 5 heterocycles. The predicted molar refractivity (Wildman–Crippen MR) is 484 cm³/mol. The molecule has 8 aromatic rings. The molecule has 113 heavy (non-hydrogen) atoms. The monoisotopic (exact) mass is 1570 g/mol. The number of hydrogen-bond acceptors (Lipinski definition) is 8. The molecule has 0 saturated carbocycles. The van der Waals surface area contributed by atoms with Crippen LogP contribution in [0.5, 0.6) is 0 Å². The maximum absolute atomic E-state index is 13.2. The number of nitrogens with zero attached hydrogens (tertiary/aromatic N) is 8. The van der Waals surface area contributed by atoms with Crippen molar-refractivity contribution in [2.45, 2.75) is 323 Å². The molecular formula is C100H136N8O2Si3. The first-order valence-corrected chi connectivity index (χ1v) is 50.0. The molecule has 0 saturated heterocycles. The van der Waals surface area contributed by atoms with Crippen LogP contribution >= 0.6 is 0 Å². The zero-order valence-electron chi connectivity index (χ0n) is 71.1. The minimum atomic E-state index is -2.23. The molecule has 0 fully saturated rings. The summed E-state index contributed by atoms with van der Waals surface area (Å²) in [5, 5.41) is 10.7. The molecule has 6 aromatic carbocycles. The molecule has 2 aromatic heterocycles. The van der Waals surface area contributed by atoms with Crippen molar-refractivity contribution in [3.8, 4) is 22.8 Å².